The zero-order valence-electron chi connectivity index (χ0n) is 7.63. The smallest absolute Gasteiger partial charge is 0.104 e. The van der Waals surface area contributed by atoms with Crippen LogP contribution in [0.1, 0.15) is 41.7 Å². The van der Waals surface area contributed by atoms with Gasteiger partial charge in [0.1, 0.15) is 11.1 Å². The first-order valence-electron chi connectivity index (χ1n) is 4.55. The zero-order valence-corrected chi connectivity index (χ0v) is 8.45. The average molecular weight is 192 g/mol. The second kappa shape index (κ2) is 3.04. The van der Waals surface area contributed by atoms with Gasteiger partial charge in [0.15, 0.2) is 0 Å². The third kappa shape index (κ3) is 1.22. The highest BCUT2D eigenvalue weighted by Crippen LogP contribution is 2.41. The molecule has 1 aromatic rings. The molecule has 2 rings (SSSR count). The maximum Gasteiger partial charge on any atom is 0.104 e. The molecule has 0 saturated carbocycles. The van der Waals surface area contributed by atoms with Crippen LogP contribution in [0.2, 0.25) is 0 Å². The second-order valence-corrected chi connectivity index (χ2v) is 4.72. The van der Waals surface area contributed by atoms with Gasteiger partial charge in [-0.3, -0.25) is 0 Å². The summed E-state index contributed by atoms with van der Waals surface area (Å²) in [6.45, 7) is 2.19. The van der Waals surface area contributed by atoms with Crippen LogP contribution >= 0.6 is 11.3 Å². The number of rotatable bonds is 0. The molecule has 3 heteroatoms. The van der Waals surface area contributed by atoms with E-state index in [9.17, 15) is 0 Å². The van der Waals surface area contributed by atoms with Gasteiger partial charge in [-0.1, -0.05) is 6.92 Å². The summed E-state index contributed by atoms with van der Waals surface area (Å²) in [6, 6.07) is 2.22. The number of hydrogen-bond acceptors (Lipinski definition) is 3. The van der Waals surface area contributed by atoms with E-state index >= 15 is 0 Å². The van der Waals surface area contributed by atoms with E-state index in [-0.39, 0.29) is 0 Å². The monoisotopic (exact) mass is 192 g/mol. The fourth-order valence-corrected chi connectivity index (χ4v) is 3.23. The van der Waals surface area contributed by atoms with Crippen LogP contribution in [0.25, 0.3) is 0 Å². The van der Waals surface area contributed by atoms with Gasteiger partial charge in [0, 0.05) is 4.88 Å². The van der Waals surface area contributed by atoms with Gasteiger partial charge in [-0.25, -0.2) is 0 Å². The van der Waals surface area contributed by atoms with E-state index in [0.717, 1.165) is 12.0 Å². The lowest BCUT2D eigenvalue weighted by atomic mass is 9.87. The van der Waals surface area contributed by atoms with Crippen molar-refractivity contribution in [3.8, 4) is 6.07 Å². The number of nitriles is 1. The lowest BCUT2D eigenvalue weighted by Gasteiger charge is -2.18. The molecular weight excluding hydrogens is 180 g/mol. The molecule has 0 unspecified atom stereocenters. The molecule has 0 amide bonds. The van der Waals surface area contributed by atoms with Crippen molar-refractivity contribution >= 4 is 16.3 Å². The number of nitrogens with zero attached hydrogens (tertiary/aromatic N) is 1. The molecule has 1 aliphatic rings. The molecule has 0 saturated heterocycles. The number of thiophene rings is 1. The molecule has 13 heavy (non-hydrogen) atoms. The van der Waals surface area contributed by atoms with E-state index in [1.165, 1.54) is 23.3 Å². The minimum Gasteiger partial charge on any atom is -0.389 e. The number of hydrogen-bond donors (Lipinski definition) is 1. The number of fused-ring (bicyclic) bond motifs is 1. The molecule has 1 heterocycles. The quantitative estimate of drug-likeness (QED) is 0.687. The largest absolute Gasteiger partial charge is 0.389 e. The fourth-order valence-electron chi connectivity index (χ4n) is 2.05. The summed E-state index contributed by atoms with van der Waals surface area (Å²) in [6.07, 6.45) is 3.53. The van der Waals surface area contributed by atoms with Crippen LogP contribution in [0, 0.1) is 11.3 Å². The van der Waals surface area contributed by atoms with Crippen LogP contribution in [0.3, 0.4) is 0 Å². The van der Waals surface area contributed by atoms with Gasteiger partial charge in [0.25, 0.3) is 0 Å². The third-order valence-corrected chi connectivity index (χ3v) is 3.79. The fraction of sp³-hybridized carbons (Fsp3) is 0.500. The summed E-state index contributed by atoms with van der Waals surface area (Å²) in [4.78, 5) is 1.34. The molecule has 2 N–H and O–H groups in total. The summed E-state index contributed by atoms with van der Waals surface area (Å²) in [5.41, 5.74) is 7.77. The highest BCUT2D eigenvalue weighted by Gasteiger charge is 2.24. The van der Waals surface area contributed by atoms with E-state index in [4.69, 9.17) is 11.0 Å². The Morgan fingerprint density at radius 2 is 2.38 bits per heavy atom. The molecule has 0 fully saturated rings. The normalized spacial score (nSPS) is 20.8. The topological polar surface area (TPSA) is 49.8 Å². The van der Waals surface area contributed by atoms with E-state index in [1.807, 2.05) is 0 Å². The first-order valence-corrected chi connectivity index (χ1v) is 5.36. The standard InChI is InChI=1S/C10H12N2S/c1-6-3-2-4-8-9(6)7(5-11)10(12)13-8/h6H,2-4,12H2,1H3/t6-/m0/s1. The number of aryl methyl sites for hydroxylation is 1. The van der Waals surface area contributed by atoms with Gasteiger partial charge in [-0.15, -0.1) is 11.3 Å². The van der Waals surface area contributed by atoms with Crippen molar-refractivity contribution in [2.24, 2.45) is 0 Å². The van der Waals surface area contributed by atoms with Crippen LogP contribution in [-0.2, 0) is 6.42 Å². The van der Waals surface area contributed by atoms with Crippen LogP contribution < -0.4 is 5.73 Å². The molecule has 0 radical (unpaired) electrons. The molecule has 1 atom stereocenters. The van der Waals surface area contributed by atoms with Gasteiger partial charge in [-0.05, 0) is 30.7 Å². The van der Waals surface area contributed by atoms with E-state index in [0.29, 0.717) is 10.9 Å². The Bertz CT molecular complexity index is 373. The Labute approximate surface area is 82.0 Å². The summed E-state index contributed by atoms with van der Waals surface area (Å²) in [7, 11) is 0. The maximum absolute atomic E-state index is 8.96. The Morgan fingerprint density at radius 1 is 1.62 bits per heavy atom. The van der Waals surface area contributed by atoms with Crippen molar-refractivity contribution in [3.63, 3.8) is 0 Å². The number of anilines is 1. The maximum atomic E-state index is 8.96. The summed E-state index contributed by atoms with van der Waals surface area (Å²) >= 11 is 1.60. The SMILES string of the molecule is C[C@H]1CCCc2sc(N)c(C#N)c21. The van der Waals surface area contributed by atoms with Crippen molar-refractivity contribution < 1.29 is 0 Å². The van der Waals surface area contributed by atoms with Crippen LogP contribution in [0.5, 0.6) is 0 Å². The third-order valence-electron chi connectivity index (χ3n) is 2.69. The Hall–Kier alpha value is -1.01. The molecule has 1 aromatic heterocycles. The highest BCUT2D eigenvalue weighted by atomic mass is 32.1. The van der Waals surface area contributed by atoms with Crippen molar-refractivity contribution in [3.05, 3.63) is 16.0 Å². The summed E-state index contributed by atoms with van der Waals surface area (Å²) in [5.74, 6) is 0.520. The number of nitrogens with two attached hydrogens (primary N) is 1. The molecule has 0 aromatic carbocycles. The molecule has 1 aliphatic carbocycles. The highest BCUT2D eigenvalue weighted by molar-refractivity contribution is 7.16. The molecule has 2 nitrogen and oxygen atoms in total. The first kappa shape index (κ1) is 8.58. The molecule has 0 spiro atoms. The summed E-state index contributed by atoms with van der Waals surface area (Å²) < 4.78 is 0. The van der Waals surface area contributed by atoms with Crippen molar-refractivity contribution in [1.29, 1.82) is 5.26 Å². The van der Waals surface area contributed by atoms with Crippen molar-refractivity contribution in [2.75, 3.05) is 5.73 Å². The van der Waals surface area contributed by atoms with E-state index in [2.05, 4.69) is 13.0 Å². The van der Waals surface area contributed by atoms with Gasteiger partial charge in [-0.2, -0.15) is 5.26 Å². The van der Waals surface area contributed by atoms with Crippen molar-refractivity contribution in [1.82, 2.24) is 0 Å². The lowest BCUT2D eigenvalue weighted by Crippen LogP contribution is -2.05. The van der Waals surface area contributed by atoms with Crippen molar-refractivity contribution in [2.45, 2.75) is 32.1 Å². The van der Waals surface area contributed by atoms with Crippen LogP contribution in [-0.4, -0.2) is 0 Å². The Balaban J connectivity index is 2.60. The summed E-state index contributed by atoms with van der Waals surface area (Å²) in [5, 5.41) is 9.67. The average Bonchev–Trinajstić information content (AvgIpc) is 2.42. The van der Waals surface area contributed by atoms with Gasteiger partial charge < -0.3 is 5.73 Å². The zero-order chi connectivity index (χ0) is 9.42. The predicted molar refractivity (Wildman–Crippen MR) is 54.8 cm³/mol. The van der Waals surface area contributed by atoms with Crippen LogP contribution in [0.4, 0.5) is 5.00 Å². The first-order chi connectivity index (χ1) is 6.24. The molecule has 0 bridgehead atoms. The predicted octanol–water partition coefficient (Wildman–Crippen LogP) is 2.64. The minimum absolute atomic E-state index is 0.520. The Morgan fingerprint density at radius 3 is 3.08 bits per heavy atom. The van der Waals surface area contributed by atoms with Gasteiger partial charge in [0.05, 0.1) is 5.56 Å². The van der Waals surface area contributed by atoms with E-state index < -0.39 is 0 Å². The van der Waals surface area contributed by atoms with E-state index in [1.54, 1.807) is 11.3 Å². The lowest BCUT2D eigenvalue weighted by molar-refractivity contribution is 0.597. The van der Waals surface area contributed by atoms with Crippen LogP contribution in [0.15, 0.2) is 0 Å². The molecule has 68 valence electrons. The minimum atomic E-state index is 0.520. The molecule has 0 aliphatic heterocycles. The van der Waals surface area contributed by atoms with Gasteiger partial charge >= 0.3 is 0 Å². The van der Waals surface area contributed by atoms with Gasteiger partial charge in [0.2, 0.25) is 0 Å². The Kier molecular flexibility index (Phi) is 2.01. The number of nitrogen functional groups attached to an aromatic ring is 1. The second-order valence-electron chi connectivity index (χ2n) is 3.58. The molecular formula is C10H12N2S.